The third-order valence-corrected chi connectivity index (χ3v) is 2.38. The minimum Gasteiger partial charge on any atom is -0.495 e. The highest BCUT2D eigenvalue weighted by Gasteiger charge is 2.03. The summed E-state index contributed by atoms with van der Waals surface area (Å²) >= 11 is 0. The fraction of sp³-hybridized carbons (Fsp3) is 0.0714. The van der Waals surface area contributed by atoms with E-state index >= 15 is 0 Å². The molecule has 0 saturated heterocycles. The van der Waals surface area contributed by atoms with Gasteiger partial charge < -0.3 is 10.1 Å². The summed E-state index contributed by atoms with van der Waals surface area (Å²) in [5.74, 6) is 0.589. The summed E-state index contributed by atoms with van der Waals surface area (Å²) in [4.78, 5) is 0. The number of para-hydroxylation sites is 1. The topological polar surface area (TPSA) is 45.0 Å². The summed E-state index contributed by atoms with van der Waals surface area (Å²) in [7, 11) is 1.56. The summed E-state index contributed by atoms with van der Waals surface area (Å²) in [6.45, 7) is 0. The van der Waals surface area contributed by atoms with Crippen LogP contribution in [-0.2, 0) is 0 Å². The molecule has 3 nitrogen and oxygen atoms in total. The Morgan fingerprint density at radius 3 is 2.47 bits per heavy atom. The van der Waals surface area contributed by atoms with E-state index < -0.39 is 0 Å². The smallest absolute Gasteiger partial charge is 0.136 e. The second-order valence-electron chi connectivity index (χ2n) is 3.52. The van der Waals surface area contributed by atoms with E-state index in [1.54, 1.807) is 19.2 Å². The molecule has 17 heavy (non-hydrogen) atoms. The highest BCUT2D eigenvalue weighted by Crippen LogP contribution is 2.24. The first-order chi connectivity index (χ1) is 8.33. The highest BCUT2D eigenvalue weighted by molar-refractivity contribution is 5.63. The molecular formula is C14H12N2O. The van der Waals surface area contributed by atoms with Crippen LogP contribution in [0.15, 0.2) is 48.5 Å². The Balaban J connectivity index is 2.26. The van der Waals surface area contributed by atoms with Crippen LogP contribution in [0.25, 0.3) is 0 Å². The second kappa shape index (κ2) is 5.04. The van der Waals surface area contributed by atoms with Crippen LogP contribution in [0.3, 0.4) is 0 Å². The molecule has 0 aliphatic carbocycles. The Bertz CT molecular complexity index is 544. The van der Waals surface area contributed by atoms with Gasteiger partial charge in [0.1, 0.15) is 11.8 Å². The molecule has 0 heterocycles. The van der Waals surface area contributed by atoms with Gasteiger partial charge in [0.25, 0.3) is 0 Å². The van der Waals surface area contributed by atoms with Crippen molar-refractivity contribution in [2.24, 2.45) is 0 Å². The lowest BCUT2D eigenvalue weighted by molar-refractivity contribution is 0.413. The number of nitriles is 1. The van der Waals surface area contributed by atoms with Crippen molar-refractivity contribution in [3.8, 4) is 11.8 Å². The zero-order chi connectivity index (χ0) is 12.1. The number of benzene rings is 2. The van der Waals surface area contributed by atoms with Gasteiger partial charge in [-0.1, -0.05) is 18.2 Å². The van der Waals surface area contributed by atoms with Crippen LogP contribution >= 0.6 is 0 Å². The molecule has 2 aromatic carbocycles. The molecule has 2 rings (SSSR count). The number of methoxy groups -OCH3 is 1. The van der Waals surface area contributed by atoms with Crippen molar-refractivity contribution in [1.29, 1.82) is 5.26 Å². The first-order valence-electron chi connectivity index (χ1n) is 5.23. The van der Waals surface area contributed by atoms with Gasteiger partial charge in [0.05, 0.1) is 12.7 Å². The Labute approximate surface area is 100 Å². The number of hydrogen-bond acceptors (Lipinski definition) is 3. The lowest BCUT2D eigenvalue weighted by atomic mass is 10.2. The highest BCUT2D eigenvalue weighted by atomic mass is 16.5. The van der Waals surface area contributed by atoms with E-state index in [1.165, 1.54) is 0 Å². The van der Waals surface area contributed by atoms with Gasteiger partial charge in [0.15, 0.2) is 0 Å². The summed E-state index contributed by atoms with van der Waals surface area (Å²) in [5.41, 5.74) is 2.38. The van der Waals surface area contributed by atoms with Gasteiger partial charge in [-0.2, -0.15) is 5.26 Å². The molecule has 0 aliphatic heterocycles. The van der Waals surface area contributed by atoms with Crippen molar-refractivity contribution >= 4 is 11.4 Å². The average Bonchev–Trinajstić information content (AvgIpc) is 2.40. The molecular weight excluding hydrogens is 212 g/mol. The Morgan fingerprint density at radius 2 is 1.82 bits per heavy atom. The van der Waals surface area contributed by atoms with Gasteiger partial charge in [-0.25, -0.2) is 0 Å². The van der Waals surface area contributed by atoms with Crippen LogP contribution in [0.5, 0.6) is 5.75 Å². The van der Waals surface area contributed by atoms with Gasteiger partial charge in [0, 0.05) is 11.4 Å². The van der Waals surface area contributed by atoms with Gasteiger partial charge in [-0.3, -0.25) is 0 Å². The van der Waals surface area contributed by atoms with E-state index in [9.17, 15) is 0 Å². The van der Waals surface area contributed by atoms with Gasteiger partial charge >= 0.3 is 0 Å². The molecule has 0 unspecified atom stereocenters. The molecule has 0 saturated carbocycles. The number of hydrogen-bond donors (Lipinski definition) is 1. The maximum absolute atomic E-state index is 8.98. The maximum Gasteiger partial charge on any atom is 0.136 e. The van der Waals surface area contributed by atoms with Crippen LogP contribution in [0.2, 0.25) is 0 Å². The summed E-state index contributed by atoms with van der Waals surface area (Å²) < 4.78 is 5.09. The summed E-state index contributed by atoms with van der Waals surface area (Å²) in [6, 6.07) is 17.3. The van der Waals surface area contributed by atoms with Crippen molar-refractivity contribution < 1.29 is 4.74 Å². The van der Waals surface area contributed by atoms with Crippen LogP contribution in [0.1, 0.15) is 5.56 Å². The fourth-order valence-corrected chi connectivity index (χ4v) is 1.56. The third-order valence-electron chi connectivity index (χ3n) is 2.38. The van der Waals surface area contributed by atoms with E-state index in [4.69, 9.17) is 10.00 Å². The lowest BCUT2D eigenvalue weighted by Crippen LogP contribution is -1.93. The average molecular weight is 224 g/mol. The molecule has 84 valence electrons. The van der Waals surface area contributed by atoms with E-state index in [0.717, 1.165) is 11.4 Å². The molecule has 0 amide bonds. The normalized spacial score (nSPS) is 9.41. The third kappa shape index (κ3) is 2.56. The quantitative estimate of drug-likeness (QED) is 0.869. The monoisotopic (exact) mass is 224 g/mol. The van der Waals surface area contributed by atoms with Crippen LogP contribution in [-0.4, -0.2) is 7.11 Å². The molecule has 2 aromatic rings. The molecule has 0 atom stereocenters. The zero-order valence-corrected chi connectivity index (χ0v) is 9.47. The molecule has 0 radical (unpaired) electrons. The molecule has 0 aliphatic rings. The first-order valence-corrected chi connectivity index (χ1v) is 5.23. The van der Waals surface area contributed by atoms with E-state index in [1.807, 2.05) is 36.4 Å². The zero-order valence-electron chi connectivity index (χ0n) is 9.47. The second-order valence-corrected chi connectivity index (χ2v) is 3.52. The molecule has 1 N–H and O–H groups in total. The molecule has 0 fully saturated rings. The van der Waals surface area contributed by atoms with Crippen molar-refractivity contribution in [3.63, 3.8) is 0 Å². The Kier molecular flexibility index (Phi) is 3.27. The lowest BCUT2D eigenvalue weighted by Gasteiger charge is -2.08. The van der Waals surface area contributed by atoms with Crippen molar-refractivity contribution in [3.05, 3.63) is 54.1 Å². The molecule has 0 bridgehead atoms. The maximum atomic E-state index is 8.98. The molecule has 0 aromatic heterocycles. The fourth-order valence-electron chi connectivity index (χ4n) is 1.56. The summed E-state index contributed by atoms with van der Waals surface area (Å²) in [6.07, 6.45) is 0. The Hall–Kier alpha value is -2.47. The minimum absolute atomic E-state index is 0.522. The predicted molar refractivity (Wildman–Crippen MR) is 67.4 cm³/mol. The summed E-state index contributed by atoms with van der Waals surface area (Å²) in [5, 5.41) is 12.2. The number of nitrogens with zero attached hydrogens (tertiary/aromatic N) is 1. The van der Waals surface area contributed by atoms with E-state index in [2.05, 4.69) is 11.4 Å². The van der Waals surface area contributed by atoms with Crippen molar-refractivity contribution in [2.75, 3.05) is 12.4 Å². The Morgan fingerprint density at radius 1 is 1.06 bits per heavy atom. The predicted octanol–water partition coefficient (Wildman–Crippen LogP) is 3.31. The van der Waals surface area contributed by atoms with E-state index in [-0.39, 0.29) is 0 Å². The van der Waals surface area contributed by atoms with Crippen molar-refractivity contribution in [2.45, 2.75) is 0 Å². The minimum atomic E-state index is 0.522. The van der Waals surface area contributed by atoms with E-state index in [0.29, 0.717) is 11.3 Å². The standard InChI is InChI=1S/C14H12N2O/c1-17-14-8-7-13(9-11(14)10-15)16-12-5-3-2-4-6-12/h2-9,16H,1H3. The molecule has 0 spiro atoms. The first kappa shape index (κ1) is 11.0. The van der Waals surface area contributed by atoms with Gasteiger partial charge in [-0.05, 0) is 30.3 Å². The SMILES string of the molecule is COc1ccc(Nc2ccccc2)cc1C#N. The van der Waals surface area contributed by atoms with Crippen molar-refractivity contribution in [1.82, 2.24) is 0 Å². The largest absolute Gasteiger partial charge is 0.495 e. The van der Waals surface area contributed by atoms with Crippen LogP contribution in [0, 0.1) is 11.3 Å². The van der Waals surface area contributed by atoms with Crippen LogP contribution < -0.4 is 10.1 Å². The number of rotatable bonds is 3. The number of nitrogens with one attached hydrogen (secondary N) is 1. The van der Waals surface area contributed by atoms with Crippen LogP contribution in [0.4, 0.5) is 11.4 Å². The number of anilines is 2. The van der Waals surface area contributed by atoms with Gasteiger partial charge in [-0.15, -0.1) is 0 Å². The number of ether oxygens (including phenoxy) is 1. The molecule has 3 heteroatoms. The van der Waals surface area contributed by atoms with Gasteiger partial charge in [0.2, 0.25) is 0 Å².